The number of aromatic nitrogens is 4. The van der Waals surface area contributed by atoms with E-state index in [0.29, 0.717) is 17.2 Å². The van der Waals surface area contributed by atoms with E-state index in [1.165, 1.54) is 11.9 Å². The van der Waals surface area contributed by atoms with E-state index < -0.39 is 0 Å². The summed E-state index contributed by atoms with van der Waals surface area (Å²) in [6.45, 7) is 0.676. The second-order valence-electron chi connectivity index (χ2n) is 5.21. The van der Waals surface area contributed by atoms with E-state index in [1.54, 1.807) is 0 Å². The highest BCUT2D eigenvalue weighted by atomic mass is 35.5. The topological polar surface area (TPSA) is 43.6 Å². The third kappa shape index (κ3) is 2.58. The quantitative estimate of drug-likeness (QED) is 0.531. The van der Waals surface area contributed by atoms with Gasteiger partial charge >= 0.3 is 0 Å². The van der Waals surface area contributed by atoms with Crippen molar-refractivity contribution in [3.63, 3.8) is 0 Å². The first-order valence-corrected chi connectivity index (χ1v) is 7.67. The summed E-state index contributed by atoms with van der Waals surface area (Å²) < 4.78 is 2.08. The molecule has 0 N–H and O–H groups in total. The van der Waals surface area contributed by atoms with E-state index in [2.05, 4.69) is 31.7 Å². The van der Waals surface area contributed by atoms with Gasteiger partial charge in [0.1, 0.15) is 17.7 Å². The smallest absolute Gasteiger partial charge is 0.165 e. The van der Waals surface area contributed by atoms with Crippen molar-refractivity contribution < 1.29 is 0 Å². The molecule has 4 rings (SSSR count). The first-order valence-electron chi connectivity index (χ1n) is 7.29. The first kappa shape index (κ1) is 13.9. The molecule has 0 amide bonds. The minimum absolute atomic E-state index is 0.374. The van der Waals surface area contributed by atoms with Crippen molar-refractivity contribution in [3.05, 3.63) is 77.7 Å². The summed E-state index contributed by atoms with van der Waals surface area (Å²) >= 11 is 6.21. The fraction of sp³-hybridized carbons (Fsp3) is 0.0556. The number of halogens is 1. The Morgan fingerprint density at radius 1 is 0.870 bits per heavy atom. The van der Waals surface area contributed by atoms with Crippen LogP contribution in [0.5, 0.6) is 0 Å². The van der Waals surface area contributed by atoms with E-state index in [0.717, 1.165) is 17.0 Å². The highest BCUT2D eigenvalue weighted by molar-refractivity contribution is 6.33. The van der Waals surface area contributed by atoms with Crippen LogP contribution in [0.4, 0.5) is 0 Å². The summed E-state index contributed by atoms with van der Waals surface area (Å²) in [7, 11) is 0. The van der Waals surface area contributed by atoms with Gasteiger partial charge in [0, 0.05) is 5.56 Å². The van der Waals surface area contributed by atoms with Crippen LogP contribution in [0.25, 0.3) is 22.6 Å². The molecular formula is C18H13ClN4. The molecule has 0 aliphatic rings. The van der Waals surface area contributed by atoms with Crippen LogP contribution < -0.4 is 0 Å². The van der Waals surface area contributed by atoms with Gasteiger partial charge in [-0.1, -0.05) is 72.3 Å². The number of benzene rings is 2. The van der Waals surface area contributed by atoms with E-state index in [9.17, 15) is 0 Å². The van der Waals surface area contributed by atoms with Crippen molar-refractivity contribution in [2.45, 2.75) is 6.54 Å². The lowest BCUT2D eigenvalue weighted by Gasteiger charge is -2.09. The third-order valence-corrected chi connectivity index (χ3v) is 3.98. The molecule has 0 saturated heterocycles. The zero-order valence-electron chi connectivity index (χ0n) is 12.2. The van der Waals surface area contributed by atoms with Gasteiger partial charge in [-0.15, -0.1) is 0 Å². The van der Waals surface area contributed by atoms with Gasteiger partial charge in [0.15, 0.2) is 10.8 Å². The average Bonchev–Trinajstić information content (AvgIpc) is 2.97. The van der Waals surface area contributed by atoms with Crippen LogP contribution in [0.2, 0.25) is 5.15 Å². The molecule has 0 radical (unpaired) electrons. The monoisotopic (exact) mass is 320 g/mol. The van der Waals surface area contributed by atoms with Crippen molar-refractivity contribution in [2.75, 3.05) is 0 Å². The molecule has 4 nitrogen and oxygen atoms in total. The van der Waals surface area contributed by atoms with Crippen LogP contribution in [0.3, 0.4) is 0 Å². The molecule has 0 aliphatic carbocycles. The van der Waals surface area contributed by atoms with Crippen LogP contribution in [0.15, 0.2) is 67.0 Å². The third-order valence-electron chi connectivity index (χ3n) is 3.70. The molecule has 23 heavy (non-hydrogen) atoms. The molecule has 0 fully saturated rings. The minimum Gasteiger partial charge on any atom is -0.304 e. The van der Waals surface area contributed by atoms with E-state index >= 15 is 0 Å². The van der Waals surface area contributed by atoms with E-state index in [1.807, 2.05) is 48.5 Å². The molecule has 0 bridgehead atoms. The summed E-state index contributed by atoms with van der Waals surface area (Å²) in [6.07, 6.45) is 1.47. The second-order valence-corrected chi connectivity index (χ2v) is 5.57. The predicted molar refractivity (Wildman–Crippen MR) is 91.3 cm³/mol. The maximum atomic E-state index is 6.21. The zero-order valence-corrected chi connectivity index (χ0v) is 13.0. The Morgan fingerprint density at radius 3 is 2.30 bits per heavy atom. The van der Waals surface area contributed by atoms with Crippen LogP contribution >= 0.6 is 11.6 Å². The molecule has 0 aliphatic heterocycles. The maximum absolute atomic E-state index is 6.21. The Morgan fingerprint density at radius 2 is 1.57 bits per heavy atom. The Hall–Kier alpha value is -2.72. The van der Waals surface area contributed by atoms with Crippen LogP contribution in [0.1, 0.15) is 5.56 Å². The summed E-state index contributed by atoms with van der Waals surface area (Å²) in [5.74, 6) is 0.840. The fourth-order valence-electron chi connectivity index (χ4n) is 2.63. The van der Waals surface area contributed by atoms with Gasteiger partial charge in [-0.2, -0.15) is 0 Å². The molecule has 0 unspecified atom stereocenters. The second kappa shape index (κ2) is 5.82. The molecule has 2 aromatic carbocycles. The number of nitrogens with zero attached hydrogens (tertiary/aromatic N) is 4. The lowest BCUT2D eigenvalue weighted by molar-refractivity contribution is 0.822. The Kier molecular flexibility index (Phi) is 3.52. The fourth-order valence-corrected chi connectivity index (χ4v) is 2.80. The van der Waals surface area contributed by atoms with Crippen molar-refractivity contribution in [3.8, 4) is 11.4 Å². The minimum atomic E-state index is 0.374. The summed E-state index contributed by atoms with van der Waals surface area (Å²) in [5.41, 5.74) is 3.58. The normalized spacial score (nSPS) is 11.0. The summed E-state index contributed by atoms with van der Waals surface area (Å²) in [4.78, 5) is 13.1. The Bertz CT molecular complexity index is 949. The number of hydrogen-bond acceptors (Lipinski definition) is 3. The number of fused-ring (bicyclic) bond motifs is 1. The van der Waals surface area contributed by atoms with Crippen molar-refractivity contribution in [1.29, 1.82) is 0 Å². The number of rotatable bonds is 3. The lowest BCUT2D eigenvalue weighted by atomic mass is 10.2. The number of hydrogen-bond donors (Lipinski definition) is 0. The van der Waals surface area contributed by atoms with Crippen molar-refractivity contribution >= 4 is 22.8 Å². The van der Waals surface area contributed by atoms with Gasteiger partial charge in [0.25, 0.3) is 0 Å². The van der Waals surface area contributed by atoms with Crippen LogP contribution in [0, 0.1) is 0 Å². The first-order chi connectivity index (χ1) is 11.3. The summed E-state index contributed by atoms with van der Waals surface area (Å²) in [5, 5.41) is 0.374. The molecule has 0 spiro atoms. The average molecular weight is 321 g/mol. The standard InChI is InChI=1S/C18H13ClN4/c19-16-15-18(21-12-20-16)23(11-13-7-3-1-4-8-13)17(22-15)14-9-5-2-6-10-14/h1-10,12H,11H2. The maximum Gasteiger partial charge on any atom is 0.165 e. The van der Waals surface area contributed by atoms with Crippen molar-refractivity contribution in [2.24, 2.45) is 0 Å². The van der Waals surface area contributed by atoms with Gasteiger partial charge in [0.2, 0.25) is 0 Å². The van der Waals surface area contributed by atoms with Gasteiger partial charge in [-0.05, 0) is 5.56 Å². The van der Waals surface area contributed by atoms with Gasteiger partial charge in [0.05, 0.1) is 6.54 Å². The molecule has 112 valence electrons. The molecule has 0 saturated carbocycles. The van der Waals surface area contributed by atoms with E-state index in [4.69, 9.17) is 11.6 Å². The van der Waals surface area contributed by atoms with Crippen molar-refractivity contribution in [1.82, 2.24) is 19.5 Å². The molecule has 5 heteroatoms. The molecule has 2 aromatic heterocycles. The molecule has 0 atom stereocenters. The zero-order chi connectivity index (χ0) is 15.6. The van der Waals surface area contributed by atoms with Gasteiger partial charge in [-0.3, -0.25) is 0 Å². The lowest BCUT2D eigenvalue weighted by Crippen LogP contribution is -2.03. The molecule has 2 heterocycles. The van der Waals surface area contributed by atoms with Gasteiger partial charge < -0.3 is 4.57 Å². The Balaban J connectivity index is 1.94. The Labute approximate surface area is 138 Å². The largest absolute Gasteiger partial charge is 0.304 e. The number of imidazole rings is 1. The van der Waals surface area contributed by atoms with Crippen LogP contribution in [-0.4, -0.2) is 19.5 Å². The SMILES string of the molecule is Clc1ncnc2c1nc(-c1ccccc1)n2Cc1ccccc1. The highest BCUT2D eigenvalue weighted by Gasteiger charge is 2.16. The summed E-state index contributed by atoms with van der Waals surface area (Å²) in [6, 6.07) is 20.3. The highest BCUT2D eigenvalue weighted by Crippen LogP contribution is 2.27. The molecular weight excluding hydrogens is 308 g/mol. The molecule has 4 aromatic rings. The van der Waals surface area contributed by atoms with E-state index in [-0.39, 0.29) is 0 Å². The van der Waals surface area contributed by atoms with Gasteiger partial charge in [-0.25, -0.2) is 15.0 Å². The van der Waals surface area contributed by atoms with Crippen LogP contribution in [-0.2, 0) is 6.54 Å². The predicted octanol–water partition coefficient (Wildman–Crippen LogP) is 4.20.